The molecule has 0 aliphatic rings. The van der Waals surface area contributed by atoms with E-state index < -0.39 is 17.2 Å². The highest BCUT2D eigenvalue weighted by atomic mass is 79.9. The average Bonchev–Trinajstić information content (AvgIpc) is 2.04. The first-order chi connectivity index (χ1) is 6.11. The van der Waals surface area contributed by atoms with Crippen molar-refractivity contribution in [3.05, 3.63) is 27.7 Å². The van der Waals surface area contributed by atoms with Gasteiger partial charge in [-0.25, -0.2) is 8.78 Å². The Labute approximate surface area is 81.9 Å². The van der Waals surface area contributed by atoms with E-state index in [-0.39, 0.29) is 10.2 Å². The minimum atomic E-state index is -0.989. The Morgan fingerprint density at radius 2 is 2.15 bits per heavy atom. The van der Waals surface area contributed by atoms with Crippen LogP contribution in [0, 0.1) is 23.0 Å². The normalized spacial score (nSPS) is 9.46. The van der Waals surface area contributed by atoms with E-state index in [0.717, 1.165) is 6.07 Å². The maximum Gasteiger partial charge on any atom is 0.186 e. The van der Waals surface area contributed by atoms with E-state index >= 15 is 0 Å². The van der Waals surface area contributed by atoms with Crippen molar-refractivity contribution in [3.8, 4) is 11.8 Å². The molecule has 2 nitrogen and oxygen atoms in total. The third kappa shape index (κ3) is 1.63. The van der Waals surface area contributed by atoms with Gasteiger partial charge in [0.15, 0.2) is 11.6 Å². The monoisotopic (exact) mass is 247 g/mol. The smallest absolute Gasteiger partial charge is 0.186 e. The Kier molecular flexibility index (Phi) is 2.83. The predicted molar refractivity (Wildman–Crippen MR) is 45.3 cm³/mol. The van der Waals surface area contributed by atoms with Gasteiger partial charge in [-0.05, 0) is 22.0 Å². The summed E-state index contributed by atoms with van der Waals surface area (Å²) < 4.78 is 30.8. The number of hydrogen-bond donors (Lipinski definition) is 0. The first-order valence-electron chi connectivity index (χ1n) is 3.23. The number of ether oxygens (including phenoxy) is 1. The molecule has 0 radical (unpaired) electrons. The molecule has 68 valence electrons. The topological polar surface area (TPSA) is 33.0 Å². The first kappa shape index (κ1) is 9.93. The SMILES string of the molecule is COc1c(Br)cc(F)c(C#N)c1F. The van der Waals surface area contributed by atoms with Gasteiger partial charge in [0.25, 0.3) is 0 Å². The van der Waals surface area contributed by atoms with Gasteiger partial charge in [0.05, 0.1) is 11.6 Å². The maximum absolute atomic E-state index is 13.2. The molecule has 1 aromatic rings. The minimum Gasteiger partial charge on any atom is -0.492 e. The molecular weight excluding hydrogens is 244 g/mol. The molecule has 1 aromatic carbocycles. The maximum atomic E-state index is 13.2. The van der Waals surface area contributed by atoms with E-state index in [1.54, 1.807) is 0 Å². The van der Waals surface area contributed by atoms with Crippen molar-refractivity contribution in [2.45, 2.75) is 0 Å². The van der Waals surface area contributed by atoms with E-state index in [1.165, 1.54) is 13.2 Å². The van der Waals surface area contributed by atoms with E-state index in [1.807, 2.05) is 0 Å². The molecule has 0 amide bonds. The van der Waals surface area contributed by atoms with Gasteiger partial charge in [-0.1, -0.05) is 0 Å². The van der Waals surface area contributed by atoms with Gasteiger partial charge in [-0.15, -0.1) is 0 Å². The Morgan fingerprint density at radius 3 is 2.62 bits per heavy atom. The van der Waals surface area contributed by atoms with Gasteiger partial charge >= 0.3 is 0 Å². The van der Waals surface area contributed by atoms with Crippen LogP contribution < -0.4 is 4.74 Å². The molecule has 0 spiro atoms. The fraction of sp³-hybridized carbons (Fsp3) is 0.125. The van der Waals surface area contributed by atoms with Crippen LogP contribution in [-0.2, 0) is 0 Å². The Balaban J connectivity index is 3.51. The second kappa shape index (κ2) is 3.71. The molecule has 5 heteroatoms. The summed E-state index contributed by atoms with van der Waals surface area (Å²) in [5.41, 5.74) is -0.639. The molecule has 0 fully saturated rings. The van der Waals surface area contributed by atoms with Gasteiger partial charge in [0.2, 0.25) is 0 Å². The number of halogens is 3. The van der Waals surface area contributed by atoms with Crippen molar-refractivity contribution < 1.29 is 13.5 Å². The van der Waals surface area contributed by atoms with Crippen molar-refractivity contribution in [1.29, 1.82) is 5.26 Å². The van der Waals surface area contributed by atoms with E-state index in [0.29, 0.717) is 0 Å². The molecule has 0 heterocycles. The Hall–Kier alpha value is -1.15. The summed E-state index contributed by atoms with van der Waals surface area (Å²) in [5, 5.41) is 8.41. The van der Waals surface area contributed by atoms with Gasteiger partial charge in [0, 0.05) is 0 Å². The zero-order valence-electron chi connectivity index (χ0n) is 6.57. The quantitative estimate of drug-likeness (QED) is 0.765. The summed E-state index contributed by atoms with van der Waals surface area (Å²) in [6.07, 6.45) is 0. The molecule has 0 aromatic heterocycles. The molecule has 1 rings (SSSR count). The third-order valence-electron chi connectivity index (χ3n) is 1.44. The molecule has 0 unspecified atom stereocenters. The van der Waals surface area contributed by atoms with E-state index in [9.17, 15) is 8.78 Å². The molecule has 0 bridgehead atoms. The molecule has 0 saturated heterocycles. The molecule has 0 aliphatic heterocycles. The van der Waals surface area contributed by atoms with Gasteiger partial charge in [-0.2, -0.15) is 5.26 Å². The summed E-state index contributed by atoms with van der Waals surface area (Å²) in [4.78, 5) is 0. The van der Waals surface area contributed by atoms with Crippen LogP contribution in [0.5, 0.6) is 5.75 Å². The second-order valence-electron chi connectivity index (χ2n) is 2.17. The van der Waals surface area contributed by atoms with Gasteiger partial charge in [0.1, 0.15) is 17.4 Å². The van der Waals surface area contributed by atoms with Crippen molar-refractivity contribution in [2.75, 3.05) is 7.11 Å². The lowest BCUT2D eigenvalue weighted by atomic mass is 10.2. The highest BCUT2D eigenvalue weighted by Crippen LogP contribution is 2.31. The highest BCUT2D eigenvalue weighted by Gasteiger charge is 2.17. The zero-order chi connectivity index (χ0) is 10.0. The molecule has 13 heavy (non-hydrogen) atoms. The predicted octanol–water partition coefficient (Wildman–Crippen LogP) is 2.61. The van der Waals surface area contributed by atoms with Crippen LogP contribution in [0.1, 0.15) is 5.56 Å². The first-order valence-corrected chi connectivity index (χ1v) is 4.02. The fourth-order valence-electron chi connectivity index (χ4n) is 0.862. The Bertz CT molecular complexity index is 387. The molecule has 0 saturated carbocycles. The molecule has 0 atom stereocenters. The Morgan fingerprint density at radius 1 is 1.54 bits per heavy atom. The van der Waals surface area contributed by atoms with Crippen LogP contribution in [0.25, 0.3) is 0 Å². The average molecular weight is 248 g/mol. The van der Waals surface area contributed by atoms with Crippen LogP contribution in [0.15, 0.2) is 10.5 Å². The van der Waals surface area contributed by atoms with Crippen LogP contribution >= 0.6 is 15.9 Å². The second-order valence-corrected chi connectivity index (χ2v) is 3.03. The lowest BCUT2D eigenvalue weighted by molar-refractivity contribution is 0.380. The largest absolute Gasteiger partial charge is 0.492 e. The van der Waals surface area contributed by atoms with Gasteiger partial charge in [-0.3, -0.25) is 0 Å². The lowest BCUT2D eigenvalue weighted by Gasteiger charge is -2.05. The summed E-state index contributed by atoms with van der Waals surface area (Å²) in [6, 6.07) is 2.40. The fourth-order valence-corrected chi connectivity index (χ4v) is 1.40. The lowest BCUT2D eigenvalue weighted by Crippen LogP contribution is -1.96. The van der Waals surface area contributed by atoms with E-state index in [2.05, 4.69) is 20.7 Å². The van der Waals surface area contributed by atoms with Crippen molar-refractivity contribution in [3.63, 3.8) is 0 Å². The number of benzene rings is 1. The number of nitrogens with zero attached hydrogens (tertiary/aromatic N) is 1. The molecule has 0 N–H and O–H groups in total. The number of hydrogen-bond acceptors (Lipinski definition) is 2. The van der Waals surface area contributed by atoms with Gasteiger partial charge < -0.3 is 4.74 Å². The summed E-state index contributed by atoms with van der Waals surface area (Å²) in [5.74, 6) is -2.07. The number of rotatable bonds is 1. The standard InChI is InChI=1S/C8H4BrF2NO/c1-13-8-5(9)2-6(10)4(3-12)7(8)11/h2H,1H3. The van der Waals surface area contributed by atoms with Crippen LogP contribution in [0.3, 0.4) is 0 Å². The highest BCUT2D eigenvalue weighted by molar-refractivity contribution is 9.10. The summed E-state index contributed by atoms with van der Waals surface area (Å²) in [6.45, 7) is 0. The number of methoxy groups -OCH3 is 1. The molecular formula is C8H4BrF2NO. The minimum absolute atomic E-state index is 0.143. The van der Waals surface area contributed by atoms with Crippen molar-refractivity contribution >= 4 is 15.9 Å². The van der Waals surface area contributed by atoms with Crippen molar-refractivity contribution in [1.82, 2.24) is 0 Å². The van der Waals surface area contributed by atoms with Crippen LogP contribution in [0.2, 0.25) is 0 Å². The van der Waals surface area contributed by atoms with E-state index in [4.69, 9.17) is 5.26 Å². The van der Waals surface area contributed by atoms with Crippen LogP contribution in [-0.4, -0.2) is 7.11 Å². The molecule has 0 aliphatic carbocycles. The third-order valence-corrected chi connectivity index (χ3v) is 2.03. The van der Waals surface area contributed by atoms with Crippen molar-refractivity contribution in [2.24, 2.45) is 0 Å². The summed E-state index contributed by atoms with van der Waals surface area (Å²) >= 11 is 2.91. The zero-order valence-corrected chi connectivity index (χ0v) is 8.15. The summed E-state index contributed by atoms with van der Waals surface area (Å²) in [7, 11) is 1.24. The number of nitriles is 1. The van der Waals surface area contributed by atoms with Crippen LogP contribution in [0.4, 0.5) is 8.78 Å².